The molecule has 10 heteroatoms. The van der Waals surface area contributed by atoms with E-state index in [0.717, 1.165) is 4.90 Å². The predicted molar refractivity (Wildman–Crippen MR) is 142 cm³/mol. The van der Waals surface area contributed by atoms with Gasteiger partial charge in [0.05, 0.1) is 38.9 Å². The van der Waals surface area contributed by atoms with E-state index in [0.29, 0.717) is 53.0 Å². The molecule has 0 saturated carbocycles. The van der Waals surface area contributed by atoms with E-state index in [9.17, 15) is 14.4 Å². The van der Waals surface area contributed by atoms with Crippen LogP contribution in [-0.2, 0) is 24.7 Å². The van der Waals surface area contributed by atoms with Gasteiger partial charge in [0.1, 0.15) is 24.7 Å². The van der Waals surface area contributed by atoms with Crippen molar-refractivity contribution >= 4 is 23.5 Å². The van der Waals surface area contributed by atoms with E-state index in [2.05, 4.69) is 5.32 Å². The van der Waals surface area contributed by atoms with Crippen molar-refractivity contribution in [2.24, 2.45) is 11.8 Å². The summed E-state index contributed by atoms with van der Waals surface area (Å²) in [7, 11) is 4.32. The number of anilines is 1. The van der Waals surface area contributed by atoms with Gasteiger partial charge in [0.15, 0.2) is 17.0 Å². The fourth-order valence-corrected chi connectivity index (χ4v) is 6.11. The number of amides is 2. The molecule has 0 aromatic heterocycles. The molecule has 1 N–H and O–H groups in total. The molecule has 2 fully saturated rings. The molecule has 2 saturated heterocycles. The average Bonchev–Trinajstić information content (AvgIpc) is 3.50. The lowest BCUT2D eigenvalue weighted by Gasteiger charge is -2.33. The van der Waals surface area contributed by atoms with Gasteiger partial charge in [-0.1, -0.05) is 36.4 Å². The second-order valence-electron chi connectivity index (χ2n) is 9.74. The first-order valence-corrected chi connectivity index (χ1v) is 12.9. The van der Waals surface area contributed by atoms with E-state index in [-0.39, 0.29) is 0 Å². The number of fused-ring (bicyclic) bond motifs is 2. The van der Waals surface area contributed by atoms with Crippen LogP contribution in [0.3, 0.4) is 0 Å². The maximum absolute atomic E-state index is 14.3. The van der Waals surface area contributed by atoms with Crippen molar-refractivity contribution in [3.05, 3.63) is 77.9 Å². The first-order chi connectivity index (χ1) is 19.4. The Labute approximate surface area is 230 Å². The van der Waals surface area contributed by atoms with Gasteiger partial charge in [-0.15, -0.1) is 0 Å². The molecule has 3 aliphatic heterocycles. The molecule has 0 radical (unpaired) electrons. The molecule has 3 aromatic carbocycles. The Hall–Kier alpha value is -4.57. The molecule has 3 aromatic rings. The molecule has 10 nitrogen and oxygen atoms in total. The first-order valence-electron chi connectivity index (χ1n) is 12.9. The third-order valence-corrected chi connectivity index (χ3v) is 7.86. The van der Waals surface area contributed by atoms with Crippen molar-refractivity contribution in [1.82, 2.24) is 5.32 Å². The summed E-state index contributed by atoms with van der Waals surface area (Å²) >= 11 is 0. The molecule has 0 aliphatic carbocycles. The minimum atomic E-state index is -1.65. The number of hydrogen-bond donors (Lipinski definition) is 1. The summed E-state index contributed by atoms with van der Waals surface area (Å²) in [6.45, 7) is 0.764. The van der Waals surface area contributed by atoms with Crippen LogP contribution < -0.4 is 29.2 Å². The van der Waals surface area contributed by atoms with Crippen LogP contribution in [-0.4, -0.2) is 52.3 Å². The summed E-state index contributed by atoms with van der Waals surface area (Å²) in [5.74, 6) is -1.74. The lowest BCUT2D eigenvalue weighted by molar-refractivity contribution is -0.152. The number of rotatable bonds is 6. The zero-order valence-corrected chi connectivity index (χ0v) is 22.2. The average molecular weight is 545 g/mol. The minimum Gasteiger partial charge on any atom is -0.497 e. The second-order valence-corrected chi connectivity index (χ2v) is 9.74. The quantitative estimate of drug-likeness (QED) is 0.370. The number of carbonyl (C=O) groups excluding carboxylic acids is 3. The van der Waals surface area contributed by atoms with E-state index in [1.807, 2.05) is 6.07 Å². The van der Waals surface area contributed by atoms with Crippen LogP contribution in [0.5, 0.6) is 23.0 Å². The van der Waals surface area contributed by atoms with E-state index in [4.69, 9.17) is 23.7 Å². The summed E-state index contributed by atoms with van der Waals surface area (Å²) in [5, 5.41) is 3.38. The summed E-state index contributed by atoms with van der Waals surface area (Å²) in [5.41, 5.74) is -0.200. The fraction of sp³-hybridized carbons (Fsp3) is 0.300. The van der Waals surface area contributed by atoms with Gasteiger partial charge in [-0.3, -0.25) is 14.9 Å². The number of nitrogens with zero attached hydrogens (tertiary/aromatic N) is 1. The van der Waals surface area contributed by atoms with Crippen molar-refractivity contribution in [3.8, 4) is 23.0 Å². The molecule has 3 aliphatic rings. The van der Waals surface area contributed by atoms with Crippen molar-refractivity contribution in [3.63, 3.8) is 0 Å². The first kappa shape index (κ1) is 25.7. The van der Waals surface area contributed by atoms with Gasteiger partial charge in [-0.05, 0) is 23.8 Å². The molecule has 0 spiro atoms. The smallest absolute Gasteiger partial charge is 0.331 e. The van der Waals surface area contributed by atoms with Crippen molar-refractivity contribution in [2.75, 3.05) is 39.4 Å². The third kappa shape index (κ3) is 3.70. The lowest BCUT2D eigenvalue weighted by atomic mass is 9.75. The second kappa shape index (κ2) is 9.87. The van der Waals surface area contributed by atoms with Gasteiger partial charge in [-0.2, -0.15) is 0 Å². The largest absolute Gasteiger partial charge is 0.497 e. The molecule has 0 bridgehead atoms. The van der Waals surface area contributed by atoms with Gasteiger partial charge in [0.25, 0.3) is 0 Å². The van der Waals surface area contributed by atoms with Crippen molar-refractivity contribution < 1.29 is 38.1 Å². The summed E-state index contributed by atoms with van der Waals surface area (Å²) < 4.78 is 27.7. The Balaban J connectivity index is 1.54. The molecule has 2 amide bonds. The SMILES string of the molecule is COC(=O)C1(c2ccccc2)NC(c2ccc(OC)cc2OC)C2C(=O)N(c3ccc4c(c3)OCCO4)C(=O)C21. The van der Waals surface area contributed by atoms with Crippen LogP contribution in [0.25, 0.3) is 0 Å². The van der Waals surface area contributed by atoms with Gasteiger partial charge in [-0.25, -0.2) is 9.69 Å². The monoisotopic (exact) mass is 544 g/mol. The van der Waals surface area contributed by atoms with E-state index in [1.165, 1.54) is 14.2 Å². The van der Waals surface area contributed by atoms with Crippen LogP contribution >= 0.6 is 0 Å². The number of imide groups is 1. The van der Waals surface area contributed by atoms with Crippen LogP contribution in [0, 0.1) is 11.8 Å². The number of methoxy groups -OCH3 is 3. The fourth-order valence-electron chi connectivity index (χ4n) is 6.11. The number of hydrogen-bond acceptors (Lipinski definition) is 9. The number of benzene rings is 3. The van der Waals surface area contributed by atoms with Crippen LogP contribution in [0.2, 0.25) is 0 Å². The van der Waals surface area contributed by atoms with Gasteiger partial charge < -0.3 is 23.7 Å². The lowest BCUT2D eigenvalue weighted by Crippen LogP contribution is -2.53. The number of esters is 1. The molecule has 40 heavy (non-hydrogen) atoms. The maximum Gasteiger partial charge on any atom is 0.331 e. The molecule has 206 valence electrons. The maximum atomic E-state index is 14.3. The molecule has 6 rings (SSSR count). The summed E-state index contributed by atoms with van der Waals surface area (Å²) in [4.78, 5) is 43.5. The summed E-state index contributed by atoms with van der Waals surface area (Å²) in [6, 6.07) is 18.2. The van der Waals surface area contributed by atoms with Crippen LogP contribution in [0.15, 0.2) is 66.7 Å². The number of carbonyl (C=O) groups is 3. The van der Waals surface area contributed by atoms with Crippen molar-refractivity contribution in [1.29, 1.82) is 0 Å². The molecule has 4 atom stereocenters. The summed E-state index contributed by atoms with van der Waals surface area (Å²) in [6.07, 6.45) is 0. The van der Waals surface area contributed by atoms with Crippen molar-refractivity contribution in [2.45, 2.75) is 11.6 Å². The van der Waals surface area contributed by atoms with Gasteiger partial charge >= 0.3 is 5.97 Å². The normalized spacial score (nSPS) is 25.0. The molecular formula is C30H28N2O8. The third-order valence-electron chi connectivity index (χ3n) is 7.86. The number of ether oxygens (including phenoxy) is 5. The Morgan fingerprint density at radius 1 is 0.900 bits per heavy atom. The predicted octanol–water partition coefficient (Wildman–Crippen LogP) is 2.99. The Bertz CT molecular complexity index is 1490. The highest BCUT2D eigenvalue weighted by atomic mass is 16.6. The van der Waals surface area contributed by atoms with E-state index >= 15 is 0 Å². The van der Waals surface area contributed by atoms with Crippen LogP contribution in [0.1, 0.15) is 17.2 Å². The molecule has 3 heterocycles. The van der Waals surface area contributed by atoms with E-state index in [1.54, 1.807) is 67.8 Å². The zero-order chi connectivity index (χ0) is 28.0. The minimum absolute atomic E-state index is 0.334. The highest BCUT2D eigenvalue weighted by Crippen LogP contribution is 2.55. The Morgan fingerprint density at radius 3 is 2.35 bits per heavy atom. The number of nitrogens with one attached hydrogen (secondary N) is 1. The molecular weight excluding hydrogens is 516 g/mol. The standard InChI is InChI=1S/C30H28N2O8/c1-36-19-10-11-20(22(16-19)37-2)26-24-25(30(31-26,29(35)38-3)17-7-5-4-6-8-17)28(34)32(27(24)33)18-9-12-21-23(15-18)40-14-13-39-21/h4-12,15-16,24-26,31H,13-14H2,1-3H3. The Kier molecular flexibility index (Phi) is 6.34. The highest BCUT2D eigenvalue weighted by molar-refractivity contribution is 6.24. The van der Waals surface area contributed by atoms with E-state index < -0.39 is 41.2 Å². The highest BCUT2D eigenvalue weighted by Gasteiger charge is 2.70. The molecule has 4 unspecified atom stereocenters. The van der Waals surface area contributed by atoms with Gasteiger partial charge in [0.2, 0.25) is 11.8 Å². The van der Waals surface area contributed by atoms with Crippen LogP contribution in [0.4, 0.5) is 5.69 Å². The zero-order valence-electron chi connectivity index (χ0n) is 22.2. The Morgan fingerprint density at radius 2 is 1.65 bits per heavy atom. The topological polar surface area (TPSA) is 113 Å². The van der Waals surface area contributed by atoms with Gasteiger partial charge in [0, 0.05) is 23.7 Å².